The highest BCUT2D eigenvalue weighted by molar-refractivity contribution is 5.92. The minimum absolute atomic E-state index is 0.0166. The number of rotatable bonds is 4. The van der Waals surface area contributed by atoms with Gasteiger partial charge in [-0.1, -0.05) is 0 Å². The topological polar surface area (TPSA) is 69.0 Å². The summed E-state index contributed by atoms with van der Waals surface area (Å²) in [7, 11) is 1.83. The molecule has 0 unspecified atom stereocenters. The fourth-order valence-electron chi connectivity index (χ4n) is 2.69. The lowest BCUT2D eigenvalue weighted by Crippen LogP contribution is -2.40. The van der Waals surface area contributed by atoms with E-state index >= 15 is 0 Å². The minimum atomic E-state index is -0.140. The van der Waals surface area contributed by atoms with Crippen molar-refractivity contribution in [1.82, 2.24) is 20.1 Å². The average Bonchev–Trinajstić information content (AvgIpc) is 3.08. The smallest absolute Gasteiger partial charge is 0.272 e. The van der Waals surface area contributed by atoms with Gasteiger partial charge in [0.2, 0.25) is 0 Å². The number of amides is 1. The summed E-state index contributed by atoms with van der Waals surface area (Å²) < 4.78 is 7.25. The summed E-state index contributed by atoms with van der Waals surface area (Å²) in [4.78, 5) is 16.3. The summed E-state index contributed by atoms with van der Waals surface area (Å²) in [5.74, 6) is 0.134. The molecule has 3 heterocycles. The van der Waals surface area contributed by atoms with Crippen LogP contribution in [-0.4, -0.2) is 39.9 Å². The first-order valence-electron chi connectivity index (χ1n) is 7.41. The standard InChI is InChI=1S/C16H20N4O2/c1-11-7-14(19-20(11)2)16(21)18-15-10-22-9-13(15)8-12-3-5-17-6-4-12/h3-7,13,15H,8-10H2,1-2H3,(H,18,21)/t13-,15+/m1/s1. The molecule has 6 heteroatoms. The van der Waals surface area contributed by atoms with Crippen molar-refractivity contribution in [1.29, 1.82) is 0 Å². The zero-order valence-electron chi connectivity index (χ0n) is 12.8. The molecule has 2 aromatic heterocycles. The Balaban J connectivity index is 1.64. The second-order valence-electron chi connectivity index (χ2n) is 5.73. The van der Waals surface area contributed by atoms with E-state index in [2.05, 4.69) is 15.4 Å². The number of pyridine rings is 1. The predicted molar refractivity (Wildman–Crippen MR) is 81.4 cm³/mol. The summed E-state index contributed by atoms with van der Waals surface area (Å²) in [5, 5.41) is 7.27. The quantitative estimate of drug-likeness (QED) is 0.918. The first-order valence-corrected chi connectivity index (χ1v) is 7.41. The van der Waals surface area contributed by atoms with E-state index in [0.717, 1.165) is 12.1 Å². The predicted octanol–water partition coefficient (Wildman–Crippen LogP) is 1.11. The molecule has 0 aliphatic carbocycles. The van der Waals surface area contributed by atoms with Gasteiger partial charge in [-0.15, -0.1) is 0 Å². The van der Waals surface area contributed by atoms with Gasteiger partial charge in [0.1, 0.15) is 5.69 Å². The highest BCUT2D eigenvalue weighted by Crippen LogP contribution is 2.19. The Bertz CT molecular complexity index is 634. The van der Waals surface area contributed by atoms with Crippen LogP contribution < -0.4 is 5.32 Å². The molecule has 1 N–H and O–H groups in total. The molecule has 3 rings (SSSR count). The van der Waals surface area contributed by atoms with Crippen LogP contribution in [0.15, 0.2) is 30.6 Å². The minimum Gasteiger partial charge on any atom is -0.379 e. The molecule has 0 aromatic carbocycles. The number of aromatic nitrogens is 3. The van der Waals surface area contributed by atoms with Crippen molar-refractivity contribution < 1.29 is 9.53 Å². The summed E-state index contributed by atoms with van der Waals surface area (Å²) in [5.41, 5.74) is 2.62. The maximum Gasteiger partial charge on any atom is 0.272 e. The van der Waals surface area contributed by atoms with Crippen molar-refractivity contribution >= 4 is 5.91 Å². The van der Waals surface area contributed by atoms with E-state index in [1.807, 2.05) is 26.1 Å². The van der Waals surface area contributed by atoms with Crippen LogP contribution in [0.25, 0.3) is 0 Å². The Morgan fingerprint density at radius 3 is 2.86 bits per heavy atom. The van der Waals surface area contributed by atoms with Crippen molar-refractivity contribution in [2.45, 2.75) is 19.4 Å². The molecule has 1 aliphatic heterocycles. The molecular weight excluding hydrogens is 280 g/mol. The zero-order chi connectivity index (χ0) is 15.5. The Hall–Kier alpha value is -2.21. The monoisotopic (exact) mass is 300 g/mol. The molecule has 2 atom stereocenters. The number of nitrogens with zero attached hydrogens (tertiary/aromatic N) is 3. The Kier molecular flexibility index (Phi) is 4.20. The Morgan fingerprint density at radius 2 is 2.18 bits per heavy atom. The van der Waals surface area contributed by atoms with Gasteiger partial charge in [0, 0.05) is 31.1 Å². The third-order valence-corrected chi connectivity index (χ3v) is 4.11. The van der Waals surface area contributed by atoms with Gasteiger partial charge in [-0.2, -0.15) is 5.10 Å². The Labute approximate surface area is 129 Å². The van der Waals surface area contributed by atoms with Crippen LogP contribution in [-0.2, 0) is 18.2 Å². The molecule has 0 bridgehead atoms. The zero-order valence-corrected chi connectivity index (χ0v) is 12.8. The van der Waals surface area contributed by atoms with E-state index in [4.69, 9.17) is 4.74 Å². The molecule has 1 saturated heterocycles. The number of hydrogen-bond donors (Lipinski definition) is 1. The molecule has 116 valence electrons. The third kappa shape index (κ3) is 3.17. The lowest BCUT2D eigenvalue weighted by molar-refractivity contribution is 0.0919. The van der Waals surface area contributed by atoms with Gasteiger partial charge < -0.3 is 10.1 Å². The van der Waals surface area contributed by atoms with E-state index in [0.29, 0.717) is 18.9 Å². The van der Waals surface area contributed by atoms with E-state index in [-0.39, 0.29) is 17.9 Å². The van der Waals surface area contributed by atoms with Gasteiger partial charge in [0.15, 0.2) is 0 Å². The average molecular weight is 300 g/mol. The van der Waals surface area contributed by atoms with Crippen LogP contribution in [0.2, 0.25) is 0 Å². The summed E-state index contributed by atoms with van der Waals surface area (Å²) in [6, 6.07) is 5.81. The van der Waals surface area contributed by atoms with Gasteiger partial charge >= 0.3 is 0 Å². The van der Waals surface area contributed by atoms with Crippen molar-refractivity contribution in [3.63, 3.8) is 0 Å². The fraction of sp³-hybridized carbons (Fsp3) is 0.438. The van der Waals surface area contributed by atoms with Gasteiger partial charge in [0.25, 0.3) is 5.91 Å². The van der Waals surface area contributed by atoms with Crippen LogP contribution in [0.4, 0.5) is 0 Å². The maximum absolute atomic E-state index is 12.3. The van der Waals surface area contributed by atoms with Crippen molar-refractivity contribution in [2.75, 3.05) is 13.2 Å². The van der Waals surface area contributed by atoms with Crippen molar-refractivity contribution in [3.05, 3.63) is 47.5 Å². The van der Waals surface area contributed by atoms with Crippen LogP contribution in [0.3, 0.4) is 0 Å². The first kappa shape index (κ1) is 14.7. The number of nitrogens with one attached hydrogen (secondary N) is 1. The number of ether oxygens (including phenoxy) is 1. The highest BCUT2D eigenvalue weighted by atomic mass is 16.5. The van der Waals surface area contributed by atoms with Gasteiger partial charge in [-0.25, -0.2) is 0 Å². The number of carbonyl (C=O) groups is 1. The molecule has 0 spiro atoms. The molecule has 0 radical (unpaired) electrons. The second kappa shape index (κ2) is 6.27. The largest absolute Gasteiger partial charge is 0.379 e. The van der Waals surface area contributed by atoms with Crippen LogP contribution in [0.5, 0.6) is 0 Å². The SMILES string of the molecule is Cc1cc(C(=O)N[C@H]2COC[C@H]2Cc2ccncc2)nn1C. The number of aryl methyl sites for hydroxylation is 2. The first-order chi connectivity index (χ1) is 10.6. The molecule has 2 aromatic rings. The summed E-state index contributed by atoms with van der Waals surface area (Å²) in [6.07, 6.45) is 4.44. The molecule has 0 saturated carbocycles. The molecule has 6 nitrogen and oxygen atoms in total. The van der Waals surface area contributed by atoms with Crippen molar-refractivity contribution in [2.24, 2.45) is 13.0 Å². The summed E-state index contributed by atoms with van der Waals surface area (Å²) >= 11 is 0. The second-order valence-corrected chi connectivity index (χ2v) is 5.73. The van der Waals surface area contributed by atoms with Crippen molar-refractivity contribution in [3.8, 4) is 0 Å². The van der Waals surface area contributed by atoms with Gasteiger partial charge in [-0.05, 0) is 37.1 Å². The van der Waals surface area contributed by atoms with E-state index in [9.17, 15) is 4.79 Å². The summed E-state index contributed by atoms with van der Waals surface area (Å²) in [6.45, 7) is 3.14. The van der Waals surface area contributed by atoms with Gasteiger partial charge in [-0.3, -0.25) is 14.5 Å². The maximum atomic E-state index is 12.3. The van der Waals surface area contributed by atoms with Crippen LogP contribution in [0, 0.1) is 12.8 Å². The third-order valence-electron chi connectivity index (χ3n) is 4.11. The lowest BCUT2D eigenvalue weighted by Gasteiger charge is -2.18. The fourth-order valence-corrected chi connectivity index (χ4v) is 2.69. The van der Waals surface area contributed by atoms with Crippen LogP contribution in [0.1, 0.15) is 21.7 Å². The molecule has 1 aliphatic rings. The van der Waals surface area contributed by atoms with Crippen LogP contribution >= 0.6 is 0 Å². The number of carbonyl (C=O) groups excluding carboxylic acids is 1. The lowest BCUT2D eigenvalue weighted by atomic mass is 9.95. The van der Waals surface area contributed by atoms with E-state index in [1.165, 1.54) is 5.56 Å². The molecular formula is C16H20N4O2. The number of hydrogen-bond acceptors (Lipinski definition) is 4. The molecule has 1 amide bonds. The molecule has 22 heavy (non-hydrogen) atoms. The highest BCUT2D eigenvalue weighted by Gasteiger charge is 2.30. The normalized spacial score (nSPS) is 21.0. The molecule has 1 fully saturated rings. The van der Waals surface area contributed by atoms with Gasteiger partial charge in [0.05, 0.1) is 19.3 Å². The Morgan fingerprint density at radius 1 is 1.41 bits per heavy atom. The van der Waals surface area contributed by atoms with E-state index < -0.39 is 0 Å². The van der Waals surface area contributed by atoms with E-state index in [1.54, 1.807) is 23.1 Å².